The Balaban J connectivity index is 1.98. The van der Waals surface area contributed by atoms with Crippen LogP contribution < -0.4 is 15.4 Å². The lowest BCUT2D eigenvalue weighted by Gasteiger charge is -2.42. The van der Waals surface area contributed by atoms with Gasteiger partial charge in [-0.3, -0.25) is 4.79 Å². The van der Waals surface area contributed by atoms with Crippen molar-refractivity contribution in [2.24, 2.45) is 5.92 Å². The molecule has 0 spiro atoms. The van der Waals surface area contributed by atoms with Gasteiger partial charge in [-0.2, -0.15) is 13.2 Å². The number of nitrogens with one attached hydrogen (secondary N) is 2. The maximum Gasteiger partial charge on any atom is 0.416 e. The van der Waals surface area contributed by atoms with E-state index >= 15 is 0 Å². The summed E-state index contributed by atoms with van der Waals surface area (Å²) < 4.78 is 55.9. The molecule has 0 aromatic heterocycles. The van der Waals surface area contributed by atoms with Crippen LogP contribution in [0.3, 0.4) is 0 Å². The van der Waals surface area contributed by atoms with E-state index in [1.165, 1.54) is 7.11 Å². The van der Waals surface area contributed by atoms with Crippen LogP contribution in [0.25, 0.3) is 0 Å². The minimum atomic E-state index is -4.55. The summed E-state index contributed by atoms with van der Waals surface area (Å²) in [5.74, 6) is -0.540. The minimum absolute atomic E-state index is 0.0797. The topological polar surface area (TPSA) is 68.8 Å². The highest BCUT2D eigenvalue weighted by Gasteiger charge is 2.41. The van der Waals surface area contributed by atoms with E-state index in [1.54, 1.807) is 13.4 Å². The molecule has 0 aliphatic carbocycles. The van der Waals surface area contributed by atoms with Crippen molar-refractivity contribution >= 4 is 17.7 Å². The molecule has 1 fully saturated rings. The normalized spacial score (nSPS) is 20.7. The molecule has 2 N–H and O–H groups in total. The predicted octanol–water partition coefficient (Wildman–Crippen LogP) is 4.29. The first-order valence-corrected chi connectivity index (χ1v) is 11.9. The first kappa shape index (κ1) is 26.3. The van der Waals surface area contributed by atoms with Gasteiger partial charge >= 0.3 is 6.18 Å². The molecule has 1 amide bonds. The van der Waals surface area contributed by atoms with Gasteiger partial charge in [-0.15, -0.1) is 11.8 Å². The highest BCUT2D eigenvalue weighted by atomic mass is 32.2. The maximum atomic E-state index is 13.6. The molecule has 6 nitrogen and oxygen atoms in total. The van der Waals surface area contributed by atoms with Crippen LogP contribution in [0.4, 0.5) is 13.2 Å². The van der Waals surface area contributed by atoms with Crippen LogP contribution >= 0.6 is 11.8 Å². The lowest BCUT2D eigenvalue weighted by Crippen LogP contribution is -2.58. The van der Waals surface area contributed by atoms with E-state index in [9.17, 15) is 18.0 Å². The molecule has 0 bridgehead atoms. The molecule has 1 aliphatic heterocycles. The van der Waals surface area contributed by atoms with Gasteiger partial charge in [0.15, 0.2) is 0 Å². The molecule has 34 heavy (non-hydrogen) atoms. The number of hydrogen-bond acceptors (Lipinski definition) is 6. The van der Waals surface area contributed by atoms with E-state index in [0.29, 0.717) is 26.1 Å². The number of rotatable bonds is 9. The zero-order valence-electron chi connectivity index (χ0n) is 19.3. The van der Waals surface area contributed by atoms with E-state index in [2.05, 4.69) is 10.6 Å². The van der Waals surface area contributed by atoms with Crippen LogP contribution in [-0.2, 0) is 21.2 Å². The van der Waals surface area contributed by atoms with Gasteiger partial charge in [0, 0.05) is 25.1 Å². The number of benzene rings is 2. The Morgan fingerprint density at radius 3 is 2.59 bits per heavy atom. The second-order valence-corrected chi connectivity index (χ2v) is 8.98. The Kier molecular flexibility index (Phi) is 8.86. The van der Waals surface area contributed by atoms with Crippen LogP contribution in [0.2, 0.25) is 0 Å². The smallest absolute Gasteiger partial charge is 0.416 e. The van der Waals surface area contributed by atoms with Crippen LogP contribution in [0.15, 0.2) is 47.4 Å². The van der Waals surface area contributed by atoms with E-state index < -0.39 is 23.2 Å². The number of thioether (sulfide) groups is 1. The second kappa shape index (κ2) is 11.4. The fourth-order valence-electron chi connectivity index (χ4n) is 4.27. The minimum Gasteiger partial charge on any atom is -0.496 e. The number of ether oxygens (including phenoxy) is 3. The van der Waals surface area contributed by atoms with Crippen molar-refractivity contribution in [2.75, 3.05) is 47.0 Å². The molecule has 2 unspecified atom stereocenters. The SMILES string of the molecule is COCOCC1CNCC(NC(=O)c2c(OC)cc(C(F)(F)F)cc2SC)(c2ccccc2)C1. The van der Waals surface area contributed by atoms with Gasteiger partial charge in [0.1, 0.15) is 12.5 Å². The summed E-state index contributed by atoms with van der Waals surface area (Å²) in [7, 11) is 2.81. The van der Waals surface area contributed by atoms with Crippen LogP contribution in [0.5, 0.6) is 5.75 Å². The Hall–Kier alpha value is -2.27. The van der Waals surface area contributed by atoms with Crippen molar-refractivity contribution in [2.45, 2.75) is 23.0 Å². The molecule has 3 rings (SSSR count). The summed E-state index contributed by atoms with van der Waals surface area (Å²) in [6.07, 6.45) is -2.35. The second-order valence-electron chi connectivity index (χ2n) is 8.13. The van der Waals surface area contributed by atoms with Crippen LogP contribution in [0, 0.1) is 5.92 Å². The van der Waals surface area contributed by atoms with Gasteiger partial charge in [-0.05, 0) is 36.3 Å². The van der Waals surface area contributed by atoms with Gasteiger partial charge in [0.25, 0.3) is 5.91 Å². The third kappa shape index (κ3) is 6.04. The summed E-state index contributed by atoms with van der Waals surface area (Å²) in [6, 6.07) is 11.4. The highest BCUT2D eigenvalue weighted by Crippen LogP contribution is 2.39. The zero-order chi connectivity index (χ0) is 24.8. The van der Waals surface area contributed by atoms with Crippen molar-refractivity contribution in [3.8, 4) is 5.75 Å². The monoisotopic (exact) mass is 498 g/mol. The van der Waals surface area contributed by atoms with Gasteiger partial charge in [-0.25, -0.2) is 0 Å². The van der Waals surface area contributed by atoms with Crippen LogP contribution in [-0.4, -0.2) is 52.9 Å². The predicted molar refractivity (Wildman–Crippen MR) is 124 cm³/mol. The molecule has 10 heteroatoms. The van der Waals surface area contributed by atoms with Crippen molar-refractivity contribution in [3.05, 3.63) is 59.2 Å². The zero-order valence-corrected chi connectivity index (χ0v) is 20.1. The van der Waals surface area contributed by atoms with Crippen molar-refractivity contribution in [1.29, 1.82) is 0 Å². The van der Waals surface area contributed by atoms with Gasteiger partial charge < -0.3 is 24.8 Å². The van der Waals surface area contributed by atoms with Gasteiger partial charge in [0.05, 0.1) is 30.4 Å². The number of halogens is 3. The standard InChI is InChI=1S/C24H29F3N2O4S/c1-31-15-33-13-16-11-23(14-28-12-16,17-7-5-4-6-8-17)29-22(30)21-19(32-2)9-18(24(25,26)27)10-20(21)34-3/h4-10,16,28H,11-15H2,1-3H3,(H,29,30). The third-order valence-corrected chi connectivity index (χ3v) is 6.55. The van der Waals surface area contributed by atoms with E-state index in [1.807, 2.05) is 30.3 Å². The summed E-state index contributed by atoms with van der Waals surface area (Å²) in [5.41, 5.74) is -0.682. The molecule has 2 atom stereocenters. The number of methoxy groups -OCH3 is 2. The fraction of sp³-hybridized carbons (Fsp3) is 0.458. The molecular formula is C24H29F3N2O4S. The molecule has 0 radical (unpaired) electrons. The number of piperidine rings is 1. The number of carbonyl (C=O) groups is 1. The average molecular weight is 499 g/mol. The summed E-state index contributed by atoms with van der Waals surface area (Å²) in [5, 5.41) is 6.50. The van der Waals surface area contributed by atoms with Crippen molar-refractivity contribution in [3.63, 3.8) is 0 Å². The van der Waals surface area contributed by atoms with Gasteiger partial charge in [0.2, 0.25) is 0 Å². The Labute approximate surface area is 201 Å². The Morgan fingerprint density at radius 2 is 1.97 bits per heavy atom. The molecule has 1 aliphatic rings. The largest absolute Gasteiger partial charge is 0.496 e. The average Bonchev–Trinajstić information content (AvgIpc) is 2.83. The number of alkyl halides is 3. The summed E-state index contributed by atoms with van der Waals surface area (Å²) >= 11 is 1.06. The molecule has 1 saturated heterocycles. The van der Waals surface area contributed by atoms with Gasteiger partial charge in [-0.1, -0.05) is 30.3 Å². The summed E-state index contributed by atoms with van der Waals surface area (Å²) in [6.45, 7) is 1.76. The molecule has 1 heterocycles. The van der Waals surface area contributed by atoms with Crippen LogP contribution in [0.1, 0.15) is 27.9 Å². The lowest BCUT2D eigenvalue weighted by atomic mass is 9.78. The highest BCUT2D eigenvalue weighted by molar-refractivity contribution is 7.98. The first-order valence-electron chi connectivity index (χ1n) is 10.7. The maximum absolute atomic E-state index is 13.6. The van der Waals surface area contributed by atoms with E-state index in [0.717, 1.165) is 29.5 Å². The summed E-state index contributed by atoms with van der Waals surface area (Å²) in [4.78, 5) is 13.8. The molecule has 2 aromatic carbocycles. The fourth-order valence-corrected chi connectivity index (χ4v) is 4.91. The lowest BCUT2D eigenvalue weighted by molar-refractivity contribution is -0.137. The third-order valence-electron chi connectivity index (χ3n) is 5.79. The molecule has 2 aromatic rings. The molecule has 186 valence electrons. The molecular weight excluding hydrogens is 469 g/mol. The van der Waals surface area contributed by atoms with E-state index in [-0.39, 0.29) is 28.9 Å². The number of amides is 1. The van der Waals surface area contributed by atoms with Crippen molar-refractivity contribution in [1.82, 2.24) is 10.6 Å². The Bertz CT molecular complexity index is 949. The van der Waals surface area contributed by atoms with E-state index in [4.69, 9.17) is 14.2 Å². The quantitative estimate of drug-likeness (QED) is 0.306. The first-order chi connectivity index (χ1) is 16.2. The number of carbonyl (C=O) groups excluding carboxylic acids is 1. The Morgan fingerprint density at radius 1 is 1.24 bits per heavy atom. The number of hydrogen-bond donors (Lipinski definition) is 2. The molecule has 0 saturated carbocycles. The van der Waals surface area contributed by atoms with Crippen molar-refractivity contribution < 1.29 is 32.2 Å².